The molecule has 0 unspecified atom stereocenters. The van der Waals surface area contributed by atoms with Gasteiger partial charge in [0.1, 0.15) is 5.75 Å². The number of carbonyl (C=O) groups is 2. The second kappa shape index (κ2) is 9.93. The summed E-state index contributed by atoms with van der Waals surface area (Å²) >= 11 is 0. The van der Waals surface area contributed by atoms with E-state index in [0.717, 1.165) is 22.4 Å². The van der Waals surface area contributed by atoms with Gasteiger partial charge >= 0.3 is 0 Å². The Hall–Kier alpha value is -4.00. The van der Waals surface area contributed by atoms with E-state index >= 15 is 0 Å². The van der Waals surface area contributed by atoms with Crippen LogP contribution in [0.3, 0.4) is 0 Å². The lowest BCUT2D eigenvalue weighted by Gasteiger charge is -2.41. The van der Waals surface area contributed by atoms with Gasteiger partial charge in [0.2, 0.25) is 5.91 Å². The summed E-state index contributed by atoms with van der Waals surface area (Å²) in [5, 5.41) is 0. The van der Waals surface area contributed by atoms with E-state index in [1.54, 1.807) is 50.2 Å². The molecule has 188 valence electrons. The van der Waals surface area contributed by atoms with Crippen LogP contribution in [0, 0.1) is 13.8 Å². The molecule has 3 aromatic carbocycles. The zero-order valence-corrected chi connectivity index (χ0v) is 21.8. The Morgan fingerprint density at radius 2 is 1.50 bits per heavy atom. The number of carbonyl (C=O) groups excluding carboxylic acids is 2. The van der Waals surface area contributed by atoms with Crippen molar-refractivity contribution in [1.82, 2.24) is 4.90 Å². The molecule has 3 aromatic rings. The number of methoxy groups -OCH3 is 3. The summed E-state index contributed by atoms with van der Waals surface area (Å²) in [7, 11) is 8.17. The monoisotopic (exact) mass is 488 g/mol. The second-order valence-corrected chi connectivity index (χ2v) is 9.07. The van der Waals surface area contributed by atoms with Gasteiger partial charge in [0.05, 0.1) is 33.3 Å². The fraction of sp³-hybridized carbons (Fsp3) is 0.310. The van der Waals surface area contributed by atoms with Crippen molar-refractivity contribution < 1.29 is 23.8 Å². The second-order valence-electron chi connectivity index (χ2n) is 9.07. The maximum absolute atomic E-state index is 14.3. The molecule has 0 saturated carbocycles. The molecule has 7 nitrogen and oxygen atoms in total. The predicted octanol–water partition coefficient (Wildman–Crippen LogP) is 4.90. The maximum atomic E-state index is 14.3. The smallest absolute Gasteiger partial charge is 0.254 e. The lowest BCUT2D eigenvalue weighted by molar-refractivity contribution is -0.121. The van der Waals surface area contributed by atoms with E-state index < -0.39 is 12.0 Å². The molecule has 36 heavy (non-hydrogen) atoms. The molecule has 0 bridgehead atoms. The third-order valence-electron chi connectivity index (χ3n) is 7.11. The van der Waals surface area contributed by atoms with Crippen LogP contribution in [0.15, 0.2) is 54.6 Å². The van der Waals surface area contributed by atoms with Crippen LogP contribution >= 0.6 is 0 Å². The summed E-state index contributed by atoms with van der Waals surface area (Å²) < 4.78 is 16.3. The van der Waals surface area contributed by atoms with Gasteiger partial charge in [0, 0.05) is 25.3 Å². The summed E-state index contributed by atoms with van der Waals surface area (Å²) in [5.74, 6) is 0.604. The van der Waals surface area contributed by atoms with Crippen LogP contribution in [0.5, 0.6) is 17.2 Å². The molecule has 1 aliphatic rings. The van der Waals surface area contributed by atoms with Gasteiger partial charge < -0.3 is 24.0 Å². The van der Waals surface area contributed by atoms with E-state index in [0.29, 0.717) is 28.4 Å². The quantitative estimate of drug-likeness (QED) is 0.494. The summed E-state index contributed by atoms with van der Waals surface area (Å²) in [6.45, 7) is 4.06. The zero-order chi connectivity index (χ0) is 26.1. The molecule has 1 heterocycles. The summed E-state index contributed by atoms with van der Waals surface area (Å²) in [5.41, 5.74) is 4.91. The van der Waals surface area contributed by atoms with Crippen molar-refractivity contribution in [3.8, 4) is 17.2 Å². The van der Waals surface area contributed by atoms with Gasteiger partial charge in [0.25, 0.3) is 5.91 Å². The van der Waals surface area contributed by atoms with Crippen LogP contribution in [0.4, 0.5) is 5.69 Å². The van der Waals surface area contributed by atoms with Crippen molar-refractivity contribution in [2.24, 2.45) is 0 Å². The number of ether oxygens (including phenoxy) is 3. The van der Waals surface area contributed by atoms with Crippen LogP contribution in [-0.2, 0) is 4.79 Å². The zero-order valence-electron chi connectivity index (χ0n) is 21.8. The Labute approximate surface area is 212 Å². The van der Waals surface area contributed by atoms with Crippen LogP contribution in [0.2, 0.25) is 0 Å². The van der Waals surface area contributed by atoms with Gasteiger partial charge in [-0.3, -0.25) is 9.59 Å². The van der Waals surface area contributed by atoms with Crippen molar-refractivity contribution in [3.05, 3.63) is 82.4 Å². The Morgan fingerprint density at radius 3 is 2.08 bits per heavy atom. The molecular weight excluding hydrogens is 456 g/mol. The summed E-state index contributed by atoms with van der Waals surface area (Å²) in [6.07, 6.45) is 0. The molecule has 2 amide bonds. The number of fused-ring (bicyclic) bond motifs is 1. The highest BCUT2D eigenvalue weighted by molar-refractivity contribution is 6.05. The normalized spacial score (nSPS) is 16.9. The van der Waals surface area contributed by atoms with Crippen LogP contribution in [0.25, 0.3) is 0 Å². The van der Waals surface area contributed by atoms with E-state index in [9.17, 15) is 9.59 Å². The number of rotatable bonds is 6. The molecule has 0 fully saturated rings. The lowest BCUT2D eigenvalue weighted by Crippen LogP contribution is -2.46. The standard InChI is InChI=1S/C29H32N2O5/c1-17-8-11-20(14-18(17)2)30(3)29(33)26-22-15-24(35-6)25(36-7)16-23(22)28(32)31(4)27(26)19-9-12-21(34-5)13-10-19/h8-16,26-27H,1-7H3/t26-,27-/m1/s1. The van der Waals surface area contributed by atoms with E-state index in [1.165, 1.54) is 7.11 Å². The molecular formula is C29H32N2O5. The largest absolute Gasteiger partial charge is 0.497 e. The van der Waals surface area contributed by atoms with Crippen LogP contribution in [-0.4, -0.2) is 52.1 Å². The summed E-state index contributed by atoms with van der Waals surface area (Å²) in [6, 6.07) is 16.3. The number of anilines is 1. The Morgan fingerprint density at radius 1 is 0.861 bits per heavy atom. The predicted molar refractivity (Wildman–Crippen MR) is 139 cm³/mol. The minimum absolute atomic E-state index is 0.133. The molecule has 2 atom stereocenters. The van der Waals surface area contributed by atoms with Gasteiger partial charge in [0.15, 0.2) is 11.5 Å². The van der Waals surface area contributed by atoms with Crippen molar-refractivity contribution in [2.75, 3.05) is 40.3 Å². The van der Waals surface area contributed by atoms with Crippen LogP contribution in [0.1, 0.15) is 44.6 Å². The molecule has 0 N–H and O–H groups in total. The number of hydrogen-bond donors (Lipinski definition) is 0. The van der Waals surface area contributed by atoms with Gasteiger partial charge in [-0.25, -0.2) is 0 Å². The third kappa shape index (κ3) is 4.26. The minimum Gasteiger partial charge on any atom is -0.497 e. The maximum Gasteiger partial charge on any atom is 0.254 e. The molecule has 0 saturated heterocycles. The van der Waals surface area contributed by atoms with Gasteiger partial charge in [-0.1, -0.05) is 18.2 Å². The highest BCUT2D eigenvalue weighted by atomic mass is 16.5. The number of hydrogen-bond acceptors (Lipinski definition) is 5. The number of aryl methyl sites for hydroxylation is 2. The van der Waals surface area contributed by atoms with Crippen molar-refractivity contribution in [2.45, 2.75) is 25.8 Å². The first-order valence-corrected chi connectivity index (χ1v) is 11.7. The van der Waals surface area contributed by atoms with Crippen molar-refractivity contribution in [1.29, 1.82) is 0 Å². The average molecular weight is 489 g/mol. The Kier molecular flexibility index (Phi) is 6.93. The van der Waals surface area contributed by atoms with E-state index in [2.05, 4.69) is 0 Å². The molecule has 0 radical (unpaired) electrons. The topological polar surface area (TPSA) is 68.3 Å². The molecule has 0 aromatic heterocycles. The molecule has 7 heteroatoms. The van der Waals surface area contributed by atoms with E-state index in [1.807, 2.05) is 56.3 Å². The first-order chi connectivity index (χ1) is 17.2. The lowest BCUT2D eigenvalue weighted by atomic mass is 9.78. The highest BCUT2D eigenvalue weighted by Crippen LogP contribution is 2.46. The Balaban J connectivity index is 1.91. The van der Waals surface area contributed by atoms with Gasteiger partial charge in [-0.15, -0.1) is 0 Å². The molecule has 0 spiro atoms. The first kappa shape index (κ1) is 25.1. The summed E-state index contributed by atoms with van der Waals surface area (Å²) in [4.78, 5) is 31.1. The fourth-order valence-electron chi connectivity index (χ4n) is 4.80. The first-order valence-electron chi connectivity index (χ1n) is 11.7. The van der Waals surface area contributed by atoms with Gasteiger partial charge in [-0.2, -0.15) is 0 Å². The SMILES string of the molecule is COc1ccc([C@@H]2[C@H](C(=O)N(C)c3ccc(C)c(C)c3)c3cc(OC)c(OC)cc3C(=O)N2C)cc1. The van der Waals surface area contributed by atoms with E-state index in [4.69, 9.17) is 14.2 Å². The molecule has 1 aliphatic heterocycles. The van der Waals surface area contributed by atoms with Crippen molar-refractivity contribution >= 4 is 17.5 Å². The average Bonchev–Trinajstić information content (AvgIpc) is 2.90. The fourth-order valence-corrected chi connectivity index (χ4v) is 4.80. The third-order valence-corrected chi connectivity index (χ3v) is 7.11. The number of nitrogens with zero attached hydrogens (tertiary/aromatic N) is 2. The van der Waals surface area contributed by atoms with Crippen molar-refractivity contribution in [3.63, 3.8) is 0 Å². The number of benzene rings is 3. The molecule has 0 aliphatic carbocycles. The number of likely N-dealkylation sites (N-methyl/N-ethyl adjacent to an activating group) is 2. The highest BCUT2D eigenvalue weighted by Gasteiger charge is 2.44. The van der Waals surface area contributed by atoms with Gasteiger partial charge in [-0.05, 0) is 72.5 Å². The molecule has 4 rings (SSSR count). The van der Waals surface area contributed by atoms with E-state index in [-0.39, 0.29) is 11.8 Å². The Bertz CT molecular complexity index is 1300. The number of amides is 2. The van der Waals surface area contributed by atoms with Crippen LogP contribution < -0.4 is 19.1 Å². The minimum atomic E-state index is -0.678.